The second-order valence-corrected chi connectivity index (χ2v) is 8.04. The topological polar surface area (TPSA) is 87.5 Å². The van der Waals surface area contributed by atoms with Crippen molar-refractivity contribution >= 4 is 29.2 Å². The van der Waals surface area contributed by atoms with E-state index in [1.54, 1.807) is 30.3 Å². The van der Waals surface area contributed by atoms with E-state index in [9.17, 15) is 9.59 Å². The molecule has 1 heterocycles. The Hall–Kier alpha value is -2.57. The average molecular weight is 429 g/mol. The van der Waals surface area contributed by atoms with Gasteiger partial charge in [0.15, 0.2) is 0 Å². The van der Waals surface area contributed by atoms with Gasteiger partial charge in [-0.25, -0.2) is 4.79 Å². The highest BCUT2D eigenvalue weighted by molar-refractivity contribution is 6.33. The SMILES string of the molecule is NC(=O)c1cccc(-c2ccc(NC(=O)NCCCCN3CCCCC3)cc2Cl)c1. The lowest BCUT2D eigenvalue weighted by Crippen LogP contribution is -2.32. The number of likely N-dealkylation sites (tertiary alicyclic amines) is 1. The lowest BCUT2D eigenvalue weighted by molar-refractivity contribution is 0.100. The van der Waals surface area contributed by atoms with E-state index < -0.39 is 5.91 Å². The zero-order valence-electron chi connectivity index (χ0n) is 17.1. The first kappa shape index (κ1) is 22.1. The fourth-order valence-corrected chi connectivity index (χ4v) is 3.98. The number of rotatable bonds is 8. The van der Waals surface area contributed by atoms with E-state index in [2.05, 4.69) is 15.5 Å². The Morgan fingerprint density at radius 3 is 2.57 bits per heavy atom. The molecule has 6 nitrogen and oxygen atoms in total. The summed E-state index contributed by atoms with van der Waals surface area (Å²) in [5.41, 5.74) is 7.94. The van der Waals surface area contributed by atoms with Crippen molar-refractivity contribution in [3.8, 4) is 11.1 Å². The molecule has 0 bridgehead atoms. The molecule has 0 atom stereocenters. The van der Waals surface area contributed by atoms with Gasteiger partial charge >= 0.3 is 6.03 Å². The first-order valence-electron chi connectivity index (χ1n) is 10.5. The number of primary amides is 1. The Morgan fingerprint density at radius 1 is 1.03 bits per heavy atom. The van der Waals surface area contributed by atoms with Crippen LogP contribution in [0.25, 0.3) is 11.1 Å². The van der Waals surface area contributed by atoms with E-state index in [4.69, 9.17) is 17.3 Å². The number of benzene rings is 2. The normalized spacial score (nSPS) is 14.3. The monoisotopic (exact) mass is 428 g/mol. The maximum absolute atomic E-state index is 12.1. The van der Waals surface area contributed by atoms with Crippen LogP contribution >= 0.6 is 11.6 Å². The number of nitrogens with two attached hydrogens (primary N) is 1. The second-order valence-electron chi connectivity index (χ2n) is 7.63. The molecule has 160 valence electrons. The van der Waals surface area contributed by atoms with Crippen LogP contribution in [0, 0.1) is 0 Å². The Balaban J connectivity index is 1.46. The van der Waals surface area contributed by atoms with Crippen molar-refractivity contribution in [3.05, 3.63) is 53.1 Å². The van der Waals surface area contributed by atoms with Crippen LogP contribution in [0.15, 0.2) is 42.5 Å². The second kappa shape index (κ2) is 11.0. The molecule has 1 fully saturated rings. The molecule has 30 heavy (non-hydrogen) atoms. The summed E-state index contributed by atoms with van der Waals surface area (Å²) >= 11 is 6.41. The summed E-state index contributed by atoms with van der Waals surface area (Å²) in [5.74, 6) is -0.487. The maximum Gasteiger partial charge on any atom is 0.319 e. The zero-order valence-corrected chi connectivity index (χ0v) is 17.9. The number of anilines is 1. The summed E-state index contributed by atoms with van der Waals surface area (Å²) in [6.45, 7) is 4.16. The van der Waals surface area contributed by atoms with Crippen LogP contribution in [0.1, 0.15) is 42.5 Å². The van der Waals surface area contributed by atoms with Gasteiger partial charge in [-0.05, 0) is 75.1 Å². The number of amides is 3. The summed E-state index contributed by atoms with van der Waals surface area (Å²) in [7, 11) is 0. The first-order chi connectivity index (χ1) is 14.5. The van der Waals surface area contributed by atoms with Gasteiger partial charge in [0, 0.05) is 23.4 Å². The van der Waals surface area contributed by atoms with Gasteiger partial charge in [0.25, 0.3) is 0 Å². The summed E-state index contributed by atoms with van der Waals surface area (Å²) in [6, 6.07) is 12.0. The smallest absolute Gasteiger partial charge is 0.319 e. The highest BCUT2D eigenvalue weighted by atomic mass is 35.5. The van der Waals surface area contributed by atoms with Crippen LogP contribution < -0.4 is 16.4 Å². The number of unbranched alkanes of at least 4 members (excludes halogenated alkanes) is 1. The fourth-order valence-electron chi connectivity index (χ4n) is 3.69. The third-order valence-electron chi connectivity index (χ3n) is 5.32. The molecule has 4 N–H and O–H groups in total. The van der Waals surface area contributed by atoms with E-state index in [1.165, 1.54) is 32.4 Å². The highest BCUT2D eigenvalue weighted by Crippen LogP contribution is 2.30. The van der Waals surface area contributed by atoms with Crippen molar-refractivity contribution in [2.75, 3.05) is 31.5 Å². The molecule has 1 aliphatic rings. The number of nitrogens with zero attached hydrogens (tertiary/aromatic N) is 1. The Morgan fingerprint density at radius 2 is 1.83 bits per heavy atom. The molecule has 1 aliphatic heterocycles. The minimum absolute atomic E-state index is 0.243. The minimum Gasteiger partial charge on any atom is -0.366 e. The molecular formula is C23H29ClN4O2. The van der Waals surface area contributed by atoms with Crippen molar-refractivity contribution in [2.45, 2.75) is 32.1 Å². The summed E-state index contributed by atoms with van der Waals surface area (Å²) in [4.78, 5) is 26.0. The fraction of sp³-hybridized carbons (Fsp3) is 0.391. The lowest BCUT2D eigenvalue weighted by atomic mass is 10.0. The Bertz CT molecular complexity index is 881. The van der Waals surface area contributed by atoms with Crippen molar-refractivity contribution in [1.82, 2.24) is 10.2 Å². The van der Waals surface area contributed by atoms with Gasteiger partial charge < -0.3 is 21.3 Å². The van der Waals surface area contributed by atoms with E-state index in [-0.39, 0.29) is 6.03 Å². The number of hydrogen-bond acceptors (Lipinski definition) is 3. The number of hydrogen-bond donors (Lipinski definition) is 3. The molecule has 2 aromatic carbocycles. The standard InChI is InChI=1S/C23H29ClN4O2/c24-21-16-19(9-10-20(21)17-7-6-8-18(15-17)22(25)29)27-23(30)26-11-2-5-14-28-12-3-1-4-13-28/h6-10,15-16H,1-5,11-14H2,(H2,25,29)(H2,26,27,30). The average Bonchev–Trinajstić information content (AvgIpc) is 2.74. The first-order valence-corrected chi connectivity index (χ1v) is 10.9. The predicted octanol–water partition coefficient (Wildman–Crippen LogP) is 4.49. The third-order valence-corrected chi connectivity index (χ3v) is 5.63. The molecule has 3 amide bonds. The van der Waals surface area contributed by atoms with Crippen LogP contribution in [0.2, 0.25) is 5.02 Å². The van der Waals surface area contributed by atoms with Crippen molar-refractivity contribution in [2.24, 2.45) is 5.73 Å². The largest absolute Gasteiger partial charge is 0.366 e. The maximum atomic E-state index is 12.1. The molecule has 2 aromatic rings. The molecule has 0 spiro atoms. The van der Waals surface area contributed by atoms with Gasteiger partial charge in [-0.1, -0.05) is 36.2 Å². The van der Waals surface area contributed by atoms with Crippen LogP contribution in [-0.4, -0.2) is 43.0 Å². The van der Waals surface area contributed by atoms with Gasteiger partial charge in [-0.3, -0.25) is 4.79 Å². The Labute approximate surface area is 182 Å². The third kappa shape index (κ3) is 6.47. The number of piperidine rings is 1. The Kier molecular flexibility index (Phi) is 8.11. The minimum atomic E-state index is -0.487. The molecule has 0 aliphatic carbocycles. The number of urea groups is 1. The molecular weight excluding hydrogens is 400 g/mol. The van der Waals surface area contributed by atoms with Gasteiger partial charge in [0.2, 0.25) is 5.91 Å². The number of carbonyl (C=O) groups is 2. The number of halogens is 1. The van der Waals surface area contributed by atoms with Crippen molar-refractivity contribution in [3.63, 3.8) is 0 Å². The molecule has 0 saturated carbocycles. The van der Waals surface area contributed by atoms with E-state index in [0.29, 0.717) is 22.8 Å². The molecule has 3 rings (SSSR count). The molecule has 0 aromatic heterocycles. The van der Waals surface area contributed by atoms with E-state index in [1.807, 2.05) is 12.1 Å². The van der Waals surface area contributed by atoms with Gasteiger partial charge in [0.1, 0.15) is 0 Å². The van der Waals surface area contributed by atoms with Gasteiger partial charge in [0.05, 0.1) is 5.02 Å². The van der Waals surface area contributed by atoms with Crippen LogP contribution in [0.5, 0.6) is 0 Å². The summed E-state index contributed by atoms with van der Waals surface area (Å²) < 4.78 is 0. The van der Waals surface area contributed by atoms with Crippen molar-refractivity contribution in [1.29, 1.82) is 0 Å². The summed E-state index contributed by atoms with van der Waals surface area (Å²) in [5, 5.41) is 6.19. The van der Waals surface area contributed by atoms with Crippen LogP contribution in [0.3, 0.4) is 0 Å². The number of nitrogens with one attached hydrogen (secondary N) is 2. The number of carbonyl (C=O) groups excluding carboxylic acids is 2. The van der Waals surface area contributed by atoms with E-state index in [0.717, 1.165) is 30.5 Å². The quantitative estimate of drug-likeness (QED) is 0.541. The van der Waals surface area contributed by atoms with Gasteiger partial charge in [-0.2, -0.15) is 0 Å². The molecule has 1 saturated heterocycles. The molecule has 0 radical (unpaired) electrons. The van der Waals surface area contributed by atoms with Gasteiger partial charge in [-0.15, -0.1) is 0 Å². The van der Waals surface area contributed by atoms with Crippen LogP contribution in [0.4, 0.5) is 10.5 Å². The lowest BCUT2D eigenvalue weighted by Gasteiger charge is -2.26. The predicted molar refractivity (Wildman–Crippen MR) is 122 cm³/mol. The van der Waals surface area contributed by atoms with Crippen LogP contribution in [-0.2, 0) is 0 Å². The molecule has 0 unspecified atom stereocenters. The zero-order chi connectivity index (χ0) is 21.3. The molecule has 7 heteroatoms. The summed E-state index contributed by atoms with van der Waals surface area (Å²) in [6.07, 6.45) is 6.01. The highest BCUT2D eigenvalue weighted by Gasteiger charge is 2.10. The van der Waals surface area contributed by atoms with Crippen molar-refractivity contribution < 1.29 is 9.59 Å². The van der Waals surface area contributed by atoms with E-state index >= 15 is 0 Å².